The zero-order valence-corrected chi connectivity index (χ0v) is 11.3. The van der Waals surface area contributed by atoms with E-state index in [4.69, 9.17) is 14.9 Å². The summed E-state index contributed by atoms with van der Waals surface area (Å²) >= 11 is 0. The van der Waals surface area contributed by atoms with Gasteiger partial charge in [-0.2, -0.15) is 0 Å². The summed E-state index contributed by atoms with van der Waals surface area (Å²) in [7, 11) is 1.77. The van der Waals surface area contributed by atoms with E-state index in [-0.39, 0.29) is 12.1 Å². The second-order valence-electron chi connectivity index (χ2n) is 5.28. The van der Waals surface area contributed by atoms with Gasteiger partial charge in [0.15, 0.2) is 0 Å². The smallest absolute Gasteiger partial charge is 0.122 e. The minimum Gasteiger partial charge on any atom is -0.468 e. The fourth-order valence-electron chi connectivity index (χ4n) is 2.95. The van der Waals surface area contributed by atoms with E-state index in [0.29, 0.717) is 5.92 Å². The van der Waals surface area contributed by atoms with Crippen LogP contribution in [-0.4, -0.2) is 37.7 Å². The summed E-state index contributed by atoms with van der Waals surface area (Å²) in [5.74, 6) is 1.59. The van der Waals surface area contributed by atoms with E-state index >= 15 is 0 Å². The predicted octanol–water partition coefficient (Wildman–Crippen LogP) is 2.03. The molecule has 0 bridgehead atoms. The number of likely N-dealkylation sites (tertiary alicyclic amines) is 1. The summed E-state index contributed by atoms with van der Waals surface area (Å²) < 4.78 is 10.8. The van der Waals surface area contributed by atoms with E-state index in [1.54, 1.807) is 13.4 Å². The molecule has 2 N–H and O–H groups in total. The van der Waals surface area contributed by atoms with Crippen LogP contribution in [0.15, 0.2) is 22.8 Å². The molecule has 0 spiro atoms. The third-order valence-electron chi connectivity index (χ3n) is 3.68. The van der Waals surface area contributed by atoms with Crippen molar-refractivity contribution in [1.29, 1.82) is 0 Å². The van der Waals surface area contributed by atoms with Gasteiger partial charge in [-0.3, -0.25) is 4.90 Å². The van der Waals surface area contributed by atoms with E-state index < -0.39 is 0 Å². The van der Waals surface area contributed by atoms with Crippen molar-refractivity contribution in [3.05, 3.63) is 24.2 Å². The van der Waals surface area contributed by atoms with Gasteiger partial charge in [-0.15, -0.1) is 0 Å². The van der Waals surface area contributed by atoms with Gasteiger partial charge in [0.05, 0.1) is 18.9 Å². The summed E-state index contributed by atoms with van der Waals surface area (Å²) in [6.45, 7) is 5.02. The lowest BCUT2D eigenvalue weighted by molar-refractivity contribution is 0.0552. The Morgan fingerprint density at radius 2 is 2.44 bits per heavy atom. The van der Waals surface area contributed by atoms with Gasteiger partial charge in [0, 0.05) is 19.7 Å². The van der Waals surface area contributed by atoms with Crippen molar-refractivity contribution in [2.45, 2.75) is 31.8 Å². The quantitative estimate of drug-likeness (QED) is 0.871. The molecule has 0 amide bonds. The van der Waals surface area contributed by atoms with Gasteiger partial charge in [0.1, 0.15) is 5.76 Å². The number of nitrogens with two attached hydrogens (primary N) is 1. The topological polar surface area (TPSA) is 51.6 Å². The molecule has 4 heteroatoms. The zero-order chi connectivity index (χ0) is 13.0. The molecule has 0 aliphatic carbocycles. The molecule has 2 rings (SSSR count). The standard InChI is InChI=1S/C14H24N2O2/c1-11(15)14(13-6-4-8-18-13)16-7-3-5-12(9-16)10-17-2/h4,6,8,11-12,14H,3,5,7,9-10,15H2,1-2H3. The van der Waals surface area contributed by atoms with Crippen molar-refractivity contribution < 1.29 is 9.15 Å². The Hall–Kier alpha value is -0.840. The third kappa shape index (κ3) is 3.13. The third-order valence-corrected chi connectivity index (χ3v) is 3.68. The summed E-state index contributed by atoms with van der Waals surface area (Å²) in [4.78, 5) is 2.44. The van der Waals surface area contributed by atoms with Crippen LogP contribution in [0, 0.1) is 5.92 Å². The lowest BCUT2D eigenvalue weighted by atomic mass is 9.95. The van der Waals surface area contributed by atoms with Crippen LogP contribution in [0.25, 0.3) is 0 Å². The number of hydrogen-bond acceptors (Lipinski definition) is 4. The molecule has 1 aliphatic rings. The van der Waals surface area contributed by atoms with Gasteiger partial charge in [0.2, 0.25) is 0 Å². The second kappa shape index (κ2) is 6.36. The number of nitrogens with zero attached hydrogens (tertiary/aromatic N) is 1. The van der Waals surface area contributed by atoms with Crippen molar-refractivity contribution in [1.82, 2.24) is 4.90 Å². The predicted molar refractivity (Wildman–Crippen MR) is 71.3 cm³/mol. The van der Waals surface area contributed by atoms with Gasteiger partial charge >= 0.3 is 0 Å². The van der Waals surface area contributed by atoms with Crippen molar-refractivity contribution in [2.24, 2.45) is 11.7 Å². The Balaban J connectivity index is 2.06. The zero-order valence-electron chi connectivity index (χ0n) is 11.3. The molecular formula is C14H24N2O2. The average molecular weight is 252 g/mol. The molecule has 1 aromatic rings. The first kappa shape index (κ1) is 13.6. The van der Waals surface area contributed by atoms with Crippen LogP contribution in [0.4, 0.5) is 0 Å². The maximum atomic E-state index is 6.15. The molecule has 1 fully saturated rings. The first-order valence-electron chi connectivity index (χ1n) is 6.74. The lowest BCUT2D eigenvalue weighted by Crippen LogP contribution is -2.45. The van der Waals surface area contributed by atoms with Crippen LogP contribution in [-0.2, 0) is 4.74 Å². The Bertz CT molecular complexity index is 336. The lowest BCUT2D eigenvalue weighted by Gasteiger charge is -2.38. The molecule has 3 unspecified atom stereocenters. The summed E-state index contributed by atoms with van der Waals surface area (Å²) in [5, 5.41) is 0. The van der Waals surface area contributed by atoms with Crippen molar-refractivity contribution in [2.75, 3.05) is 26.8 Å². The van der Waals surface area contributed by atoms with Crippen molar-refractivity contribution >= 4 is 0 Å². The molecule has 1 aromatic heterocycles. The Morgan fingerprint density at radius 1 is 1.61 bits per heavy atom. The molecule has 1 aliphatic heterocycles. The van der Waals surface area contributed by atoms with Crippen LogP contribution in [0.2, 0.25) is 0 Å². The van der Waals surface area contributed by atoms with Crippen molar-refractivity contribution in [3.8, 4) is 0 Å². The second-order valence-corrected chi connectivity index (χ2v) is 5.28. The monoisotopic (exact) mass is 252 g/mol. The van der Waals surface area contributed by atoms with E-state index in [2.05, 4.69) is 4.90 Å². The van der Waals surface area contributed by atoms with Crippen LogP contribution in [0.5, 0.6) is 0 Å². The number of ether oxygens (including phenoxy) is 1. The molecule has 102 valence electrons. The fourth-order valence-corrected chi connectivity index (χ4v) is 2.95. The molecule has 3 atom stereocenters. The first-order valence-corrected chi connectivity index (χ1v) is 6.74. The summed E-state index contributed by atoms with van der Waals surface area (Å²) in [6.07, 6.45) is 4.17. The fraction of sp³-hybridized carbons (Fsp3) is 0.714. The Morgan fingerprint density at radius 3 is 3.06 bits per heavy atom. The number of hydrogen-bond donors (Lipinski definition) is 1. The maximum absolute atomic E-state index is 6.15. The molecule has 1 saturated heterocycles. The minimum absolute atomic E-state index is 0.0671. The van der Waals surface area contributed by atoms with Crippen molar-refractivity contribution in [3.63, 3.8) is 0 Å². The van der Waals surface area contributed by atoms with Crippen LogP contribution in [0.1, 0.15) is 31.6 Å². The molecule has 18 heavy (non-hydrogen) atoms. The number of rotatable bonds is 5. The van der Waals surface area contributed by atoms with Gasteiger partial charge in [-0.25, -0.2) is 0 Å². The summed E-state index contributed by atoms with van der Waals surface area (Å²) in [5.41, 5.74) is 6.15. The highest BCUT2D eigenvalue weighted by Crippen LogP contribution is 2.29. The van der Waals surface area contributed by atoms with E-state index in [1.165, 1.54) is 12.8 Å². The highest BCUT2D eigenvalue weighted by atomic mass is 16.5. The molecule has 0 radical (unpaired) electrons. The van der Waals surface area contributed by atoms with Gasteiger partial charge < -0.3 is 14.9 Å². The van der Waals surface area contributed by atoms with E-state index in [0.717, 1.165) is 25.5 Å². The number of piperidine rings is 1. The molecule has 2 heterocycles. The van der Waals surface area contributed by atoms with Gasteiger partial charge in [-0.1, -0.05) is 0 Å². The average Bonchev–Trinajstić information content (AvgIpc) is 2.83. The molecular weight excluding hydrogens is 228 g/mol. The first-order chi connectivity index (χ1) is 8.72. The SMILES string of the molecule is COCC1CCCN(C(c2ccco2)C(C)N)C1. The Kier molecular flexibility index (Phi) is 4.80. The minimum atomic E-state index is 0.0671. The molecule has 0 saturated carbocycles. The highest BCUT2D eigenvalue weighted by molar-refractivity contribution is 5.08. The van der Waals surface area contributed by atoms with Gasteiger partial charge in [0.25, 0.3) is 0 Å². The van der Waals surface area contributed by atoms with Crippen LogP contribution < -0.4 is 5.73 Å². The molecule has 4 nitrogen and oxygen atoms in total. The van der Waals surface area contributed by atoms with Crippen LogP contribution >= 0.6 is 0 Å². The summed E-state index contributed by atoms with van der Waals surface area (Å²) in [6, 6.07) is 4.20. The Labute approximate surface area is 109 Å². The van der Waals surface area contributed by atoms with Crippen LogP contribution in [0.3, 0.4) is 0 Å². The van der Waals surface area contributed by atoms with E-state index in [9.17, 15) is 0 Å². The number of methoxy groups -OCH3 is 1. The largest absolute Gasteiger partial charge is 0.468 e. The van der Waals surface area contributed by atoms with Gasteiger partial charge in [-0.05, 0) is 44.4 Å². The van der Waals surface area contributed by atoms with E-state index in [1.807, 2.05) is 19.1 Å². The number of furan rings is 1. The normalized spacial score (nSPS) is 24.9. The molecule has 0 aromatic carbocycles. The highest BCUT2D eigenvalue weighted by Gasteiger charge is 2.30. The maximum Gasteiger partial charge on any atom is 0.122 e.